The fraction of sp³-hybridized carbons (Fsp3) is 0.429. The number of carbonyl (C=O) groups excluding carboxylic acids is 2. The molecule has 2 N–H and O–H groups in total. The predicted molar refractivity (Wildman–Crippen MR) is 138 cm³/mol. The highest BCUT2D eigenvalue weighted by molar-refractivity contribution is 5.94. The van der Waals surface area contributed by atoms with E-state index in [-0.39, 0.29) is 17.9 Å². The van der Waals surface area contributed by atoms with Crippen LogP contribution < -0.4 is 5.32 Å². The van der Waals surface area contributed by atoms with E-state index in [1.54, 1.807) is 0 Å². The summed E-state index contributed by atoms with van der Waals surface area (Å²) in [6.07, 6.45) is 4.90. The fourth-order valence-electron chi connectivity index (χ4n) is 5.38. The number of amides is 2. The number of aromatic nitrogens is 1. The van der Waals surface area contributed by atoms with Crippen LogP contribution in [0.2, 0.25) is 0 Å². The molecule has 7 heteroatoms. The van der Waals surface area contributed by atoms with Gasteiger partial charge < -0.3 is 15.2 Å². The number of fused-ring (bicyclic) bond motifs is 1. The van der Waals surface area contributed by atoms with Gasteiger partial charge in [0.2, 0.25) is 5.91 Å². The van der Waals surface area contributed by atoms with Crippen molar-refractivity contribution in [3.63, 3.8) is 0 Å². The smallest absolute Gasteiger partial charge is 0.251 e. The Hall–Kier alpha value is -3.16. The number of nitrogens with zero attached hydrogens (tertiary/aromatic N) is 3. The van der Waals surface area contributed by atoms with E-state index in [0.29, 0.717) is 12.1 Å². The molecular weight excluding hydrogens is 438 g/mol. The molecule has 2 saturated heterocycles. The molecule has 5 rings (SSSR count). The Morgan fingerprint density at radius 1 is 1.03 bits per heavy atom. The van der Waals surface area contributed by atoms with E-state index in [2.05, 4.69) is 45.3 Å². The number of likely N-dealkylation sites (tertiary alicyclic amines) is 1. The number of hydrogen-bond acceptors (Lipinski definition) is 4. The molecule has 0 saturated carbocycles. The van der Waals surface area contributed by atoms with E-state index >= 15 is 0 Å². The third-order valence-corrected chi connectivity index (χ3v) is 7.44. The summed E-state index contributed by atoms with van der Waals surface area (Å²) in [4.78, 5) is 35.5. The lowest BCUT2D eigenvalue weighted by molar-refractivity contribution is -0.137. The van der Waals surface area contributed by atoms with Crippen LogP contribution >= 0.6 is 0 Å². The molecule has 0 bridgehead atoms. The Bertz CT molecular complexity index is 1180. The van der Waals surface area contributed by atoms with Gasteiger partial charge in [-0.25, -0.2) is 0 Å². The molecule has 184 valence electrons. The van der Waals surface area contributed by atoms with Crippen LogP contribution in [0.15, 0.2) is 54.7 Å². The SMILES string of the molecule is CN1CCC[C@@H]1C(=O)N1CCN(Cc2cccc(C(=O)NCCc3c[nH]c4ccccc34)c2)CC1. The minimum absolute atomic E-state index is 0.0391. The van der Waals surface area contributed by atoms with Crippen molar-refractivity contribution < 1.29 is 9.59 Å². The van der Waals surface area contributed by atoms with Gasteiger partial charge in [0, 0.05) is 61.9 Å². The number of carbonyl (C=O) groups is 2. The number of likely N-dealkylation sites (N-methyl/N-ethyl adjacent to an activating group) is 1. The van der Waals surface area contributed by atoms with Crippen LogP contribution in [0, 0.1) is 0 Å². The molecule has 2 aliphatic rings. The number of benzene rings is 2. The first kappa shape index (κ1) is 23.6. The maximum Gasteiger partial charge on any atom is 0.251 e. The fourth-order valence-corrected chi connectivity index (χ4v) is 5.38. The molecule has 0 unspecified atom stereocenters. The van der Waals surface area contributed by atoms with Crippen LogP contribution in [0.25, 0.3) is 10.9 Å². The molecule has 7 nitrogen and oxygen atoms in total. The highest BCUT2D eigenvalue weighted by Crippen LogP contribution is 2.19. The quantitative estimate of drug-likeness (QED) is 0.554. The van der Waals surface area contributed by atoms with Crippen LogP contribution in [0.5, 0.6) is 0 Å². The molecule has 3 aromatic rings. The second-order valence-corrected chi connectivity index (χ2v) is 9.81. The van der Waals surface area contributed by atoms with Crippen molar-refractivity contribution in [1.29, 1.82) is 0 Å². The van der Waals surface area contributed by atoms with E-state index in [4.69, 9.17) is 0 Å². The number of piperazine rings is 1. The predicted octanol–water partition coefficient (Wildman–Crippen LogP) is 2.88. The summed E-state index contributed by atoms with van der Waals surface area (Å²) in [6.45, 7) is 5.68. The van der Waals surface area contributed by atoms with Crippen LogP contribution in [0.1, 0.15) is 34.3 Å². The van der Waals surface area contributed by atoms with Crippen LogP contribution in [0.4, 0.5) is 0 Å². The van der Waals surface area contributed by atoms with Gasteiger partial charge in [0.15, 0.2) is 0 Å². The van der Waals surface area contributed by atoms with Gasteiger partial charge in [-0.15, -0.1) is 0 Å². The highest BCUT2D eigenvalue weighted by atomic mass is 16.2. The van der Waals surface area contributed by atoms with E-state index in [1.165, 1.54) is 10.9 Å². The van der Waals surface area contributed by atoms with Gasteiger partial charge >= 0.3 is 0 Å². The molecule has 1 atom stereocenters. The molecule has 2 fully saturated rings. The Morgan fingerprint density at radius 3 is 2.66 bits per heavy atom. The first-order valence-electron chi connectivity index (χ1n) is 12.7. The van der Waals surface area contributed by atoms with Crippen molar-refractivity contribution in [3.05, 3.63) is 71.4 Å². The molecule has 0 radical (unpaired) electrons. The number of para-hydroxylation sites is 1. The normalized spacial score (nSPS) is 19.3. The Labute approximate surface area is 207 Å². The molecular formula is C28H35N5O2. The summed E-state index contributed by atoms with van der Waals surface area (Å²) in [6, 6.07) is 16.2. The minimum Gasteiger partial charge on any atom is -0.361 e. The number of hydrogen-bond donors (Lipinski definition) is 2. The van der Waals surface area contributed by atoms with Crippen LogP contribution in [-0.4, -0.2) is 83.9 Å². The van der Waals surface area contributed by atoms with Crippen LogP contribution in [0.3, 0.4) is 0 Å². The summed E-state index contributed by atoms with van der Waals surface area (Å²) < 4.78 is 0. The summed E-state index contributed by atoms with van der Waals surface area (Å²) in [5.74, 6) is 0.249. The van der Waals surface area contributed by atoms with Crippen molar-refractivity contribution in [2.45, 2.75) is 31.8 Å². The van der Waals surface area contributed by atoms with Gasteiger partial charge in [0.25, 0.3) is 5.91 Å². The molecule has 2 amide bonds. The lowest BCUT2D eigenvalue weighted by Gasteiger charge is -2.37. The summed E-state index contributed by atoms with van der Waals surface area (Å²) in [7, 11) is 2.05. The topological polar surface area (TPSA) is 71.7 Å². The molecule has 2 aliphatic heterocycles. The Morgan fingerprint density at radius 2 is 1.86 bits per heavy atom. The third kappa shape index (κ3) is 5.41. The van der Waals surface area contributed by atoms with Gasteiger partial charge in [-0.3, -0.25) is 19.4 Å². The van der Waals surface area contributed by atoms with E-state index in [0.717, 1.165) is 69.6 Å². The van der Waals surface area contributed by atoms with Crippen molar-refractivity contribution in [3.8, 4) is 0 Å². The van der Waals surface area contributed by atoms with Crippen molar-refractivity contribution in [2.24, 2.45) is 0 Å². The van der Waals surface area contributed by atoms with Gasteiger partial charge in [0.1, 0.15) is 0 Å². The van der Waals surface area contributed by atoms with Crippen molar-refractivity contribution >= 4 is 22.7 Å². The maximum absolute atomic E-state index is 12.8. The van der Waals surface area contributed by atoms with Crippen LogP contribution in [-0.2, 0) is 17.8 Å². The molecule has 0 aliphatic carbocycles. The molecule has 3 heterocycles. The lowest BCUT2D eigenvalue weighted by Crippen LogP contribution is -2.52. The third-order valence-electron chi connectivity index (χ3n) is 7.44. The van der Waals surface area contributed by atoms with E-state index in [9.17, 15) is 9.59 Å². The average molecular weight is 474 g/mol. The lowest BCUT2D eigenvalue weighted by atomic mass is 10.1. The van der Waals surface area contributed by atoms with Crippen molar-refractivity contribution in [1.82, 2.24) is 25.0 Å². The van der Waals surface area contributed by atoms with Gasteiger partial charge in [-0.05, 0) is 62.2 Å². The molecule has 2 aromatic carbocycles. The Kier molecular flexibility index (Phi) is 7.16. The maximum atomic E-state index is 12.8. The Balaban J connectivity index is 1.10. The minimum atomic E-state index is -0.0391. The number of H-pyrrole nitrogens is 1. The largest absolute Gasteiger partial charge is 0.361 e. The second-order valence-electron chi connectivity index (χ2n) is 9.81. The first-order valence-corrected chi connectivity index (χ1v) is 12.7. The monoisotopic (exact) mass is 473 g/mol. The van der Waals surface area contributed by atoms with Gasteiger partial charge in [0.05, 0.1) is 6.04 Å². The molecule has 35 heavy (non-hydrogen) atoms. The summed E-state index contributed by atoms with van der Waals surface area (Å²) in [5, 5.41) is 4.28. The second kappa shape index (κ2) is 10.6. The highest BCUT2D eigenvalue weighted by Gasteiger charge is 2.32. The van der Waals surface area contributed by atoms with E-state index in [1.807, 2.05) is 41.4 Å². The number of nitrogens with one attached hydrogen (secondary N) is 2. The van der Waals surface area contributed by atoms with E-state index < -0.39 is 0 Å². The molecule has 1 aromatic heterocycles. The van der Waals surface area contributed by atoms with Gasteiger partial charge in [-0.2, -0.15) is 0 Å². The van der Waals surface area contributed by atoms with Gasteiger partial charge in [-0.1, -0.05) is 30.3 Å². The standard InChI is InChI=1S/C28H35N5O2/c1-31-13-5-10-26(31)28(35)33-16-14-32(15-17-33)20-21-6-4-7-22(18-21)27(34)29-12-11-23-19-30-25-9-3-2-8-24(23)25/h2-4,6-9,18-19,26,30H,5,10-17,20H2,1H3,(H,29,34)/t26-/m1/s1. The number of rotatable bonds is 7. The zero-order valence-corrected chi connectivity index (χ0v) is 20.5. The number of aromatic amines is 1. The molecule has 0 spiro atoms. The zero-order chi connectivity index (χ0) is 24.2. The average Bonchev–Trinajstić information content (AvgIpc) is 3.50. The summed E-state index contributed by atoms with van der Waals surface area (Å²) >= 11 is 0. The zero-order valence-electron chi connectivity index (χ0n) is 20.5. The van der Waals surface area contributed by atoms with Crippen molar-refractivity contribution in [2.75, 3.05) is 46.3 Å². The first-order chi connectivity index (χ1) is 17.1. The summed E-state index contributed by atoms with van der Waals surface area (Å²) in [5.41, 5.74) is 4.16.